The molecular weight excluding hydrogens is 330 g/mol. The van der Waals surface area contributed by atoms with E-state index in [1.165, 1.54) is 11.3 Å². The maximum atomic E-state index is 12.5. The molecule has 2 heterocycles. The molecule has 0 bridgehead atoms. The standard InChI is InChI=1S/C17H17NO3S2/c1-12(2)13-5-7-15(8-6-13)23(19,20)11-14-10-22-17(18-14)16-4-3-9-21-16/h3-10,12H,11H2,1-2H3. The average molecular weight is 347 g/mol. The SMILES string of the molecule is CC(C)c1ccc(S(=O)(=O)Cc2csc(-c3ccco3)n2)cc1. The van der Waals surface area contributed by atoms with Crippen LogP contribution in [0.1, 0.15) is 31.0 Å². The highest BCUT2D eigenvalue weighted by Crippen LogP contribution is 2.26. The van der Waals surface area contributed by atoms with E-state index in [4.69, 9.17) is 4.42 Å². The van der Waals surface area contributed by atoms with Gasteiger partial charge in [-0.25, -0.2) is 13.4 Å². The summed E-state index contributed by atoms with van der Waals surface area (Å²) < 4.78 is 30.3. The summed E-state index contributed by atoms with van der Waals surface area (Å²) in [6.45, 7) is 4.16. The summed E-state index contributed by atoms with van der Waals surface area (Å²) in [6.07, 6.45) is 1.57. The van der Waals surface area contributed by atoms with Gasteiger partial charge in [0.25, 0.3) is 0 Å². The van der Waals surface area contributed by atoms with Gasteiger partial charge in [0, 0.05) is 5.38 Å². The van der Waals surface area contributed by atoms with Crippen molar-refractivity contribution in [2.45, 2.75) is 30.4 Å². The molecule has 0 fully saturated rings. The fraction of sp³-hybridized carbons (Fsp3) is 0.235. The molecule has 3 aromatic rings. The number of aromatic nitrogens is 1. The number of sulfone groups is 1. The lowest BCUT2D eigenvalue weighted by Crippen LogP contribution is -2.05. The highest BCUT2D eigenvalue weighted by molar-refractivity contribution is 7.90. The lowest BCUT2D eigenvalue weighted by Gasteiger charge is -2.07. The molecule has 3 rings (SSSR count). The van der Waals surface area contributed by atoms with Crippen molar-refractivity contribution < 1.29 is 12.8 Å². The summed E-state index contributed by atoms with van der Waals surface area (Å²) in [6, 6.07) is 10.7. The molecule has 6 heteroatoms. The van der Waals surface area contributed by atoms with E-state index >= 15 is 0 Å². The Morgan fingerprint density at radius 1 is 1.17 bits per heavy atom. The Labute approximate surface area is 139 Å². The molecule has 23 heavy (non-hydrogen) atoms. The van der Waals surface area contributed by atoms with Crippen LogP contribution in [0.5, 0.6) is 0 Å². The first kappa shape index (κ1) is 16.0. The Morgan fingerprint density at radius 3 is 2.52 bits per heavy atom. The quantitative estimate of drug-likeness (QED) is 0.682. The third-order valence-corrected chi connectivity index (χ3v) is 6.10. The van der Waals surface area contributed by atoms with E-state index < -0.39 is 9.84 Å². The average Bonchev–Trinajstić information content (AvgIpc) is 3.18. The normalized spacial score (nSPS) is 12.0. The minimum atomic E-state index is -3.40. The largest absolute Gasteiger partial charge is 0.462 e. The second-order valence-corrected chi connectivity index (χ2v) is 8.45. The number of nitrogens with zero attached hydrogens (tertiary/aromatic N) is 1. The lowest BCUT2D eigenvalue weighted by molar-refractivity contribution is 0.581. The topological polar surface area (TPSA) is 60.2 Å². The van der Waals surface area contributed by atoms with Crippen LogP contribution < -0.4 is 0 Å². The van der Waals surface area contributed by atoms with Gasteiger partial charge in [-0.1, -0.05) is 26.0 Å². The molecule has 0 radical (unpaired) electrons. The van der Waals surface area contributed by atoms with Crippen LogP contribution in [0.15, 0.2) is 57.4 Å². The van der Waals surface area contributed by atoms with Crippen LogP contribution in [-0.4, -0.2) is 13.4 Å². The van der Waals surface area contributed by atoms with Gasteiger partial charge in [-0.2, -0.15) is 0 Å². The molecule has 0 aliphatic heterocycles. The highest BCUT2D eigenvalue weighted by Gasteiger charge is 2.18. The van der Waals surface area contributed by atoms with Crippen molar-refractivity contribution in [1.29, 1.82) is 0 Å². The molecule has 0 saturated heterocycles. The fourth-order valence-corrected chi connectivity index (χ4v) is 4.37. The van der Waals surface area contributed by atoms with Gasteiger partial charge < -0.3 is 4.42 Å². The van der Waals surface area contributed by atoms with E-state index in [-0.39, 0.29) is 5.75 Å². The van der Waals surface area contributed by atoms with Gasteiger partial charge in [-0.3, -0.25) is 0 Å². The molecular formula is C17H17NO3S2. The van der Waals surface area contributed by atoms with Crippen molar-refractivity contribution >= 4 is 21.2 Å². The summed E-state index contributed by atoms with van der Waals surface area (Å²) in [7, 11) is -3.40. The van der Waals surface area contributed by atoms with Gasteiger partial charge in [0.05, 0.1) is 22.6 Å². The van der Waals surface area contributed by atoms with Crippen molar-refractivity contribution in [1.82, 2.24) is 4.98 Å². The third-order valence-electron chi connectivity index (χ3n) is 3.53. The smallest absolute Gasteiger partial charge is 0.184 e. The Morgan fingerprint density at radius 2 is 1.91 bits per heavy atom. The van der Waals surface area contributed by atoms with Gasteiger partial charge in [0.1, 0.15) is 0 Å². The third kappa shape index (κ3) is 3.54. The second-order valence-electron chi connectivity index (χ2n) is 5.60. The number of benzene rings is 1. The molecule has 0 unspecified atom stereocenters. The molecule has 0 N–H and O–H groups in total. The van der Waals surface area contributed by atoms with E-state index in [0.29, 0.717) is 27.3 Å². The monoisotopic (exact) mass is 347 g/mol. The number of hydrogen-bond donors (Lipinski definition) is 0. The number of rotatable bonds is 5. The molecule has 0 aliphatic rings. The zero-order valence-electron chi connectivity index (χ0n) is 12.9. The molecule has 0 saturated carbocycles. The van der Waals surface area contributed by atoms with E-state index in [9.17, 15) is 8.42 Å². The van der Waals surface area contributed by atoms with Crippen LogP contribution in [0, 0.1) is 0 Å². The number of hydrogen-bond acceptors (Lipinski definition) is 5. The first-order valence-electron chi connectivity index (χ1n) is 7.27. The van der Waals surface area contributed by atoms with Crippen LogP contribution in [0.25, 0.3) is 10.8 Å². The van der Waals surface area contributed by atoms with Crippen LogP contribution in [0.4, 0.5) is 0 Å². The van der Waals surface area contributed by atoms with E-state index in [2.05, 4.69) is 18.8 Å². The minimum absolute atomic E-state index is 0.106. The fourth-order valence-electron chi connectivity index (χ4n) is 2.22. The molecule has 1 aromatic carbocycles. The summed E-state index contributed by atoms with van der Waals surface area (Å²) in [5, 5.41) is 2.45. The predicted octanol–water partition coefficient (Wildman–Crippen LogP) is 4.50. The van der Waals surface area contributed by atoms with Crippen LogP contribution in [0.2, 0.25) is 0 Å². The van der Waals surface area contributed by atoms with E-state index in [0.717, 1.165) is 5.56 Å². The molecule has 0 amide bonds. The Bertz CT molecular complexity index is 876. The van der Waals surface area contributed by atoms with E-state index in [1.807, 2.05) is 18.2 Å². The van der Waals surface area contributed by atoms with Gasteiger partial charge in [-0.15, -0.1) is 11.3 Å². The first-order valence-corrected chi connectivity index (χ1v) is 9.80. The van der Waals surface area contributed by atoms with Crippen LogP contribution in [0.3, 0.4) is 0 Å². The molecule has 0 spiro atoms. The summed E-state index contributed by atoms with van der Waals surface area (Å²) in [4.78, 5) is 4.68. The molecule has 0 aliphatic carbocycles. The van der Waals surface area contributed by atoms with Crippen molar-refractivity contribution in [2.75, 3.05) is 0 Å². The predicted molar refractivity (Wildman–Crippen MR) is 91.2 cm³/mol. The maximum absolute atomic E-state index is 12.5. The first-order chi connectivity index (χ1) is 11.0. The summed E-state index contributed by atoms with van der Waals surface area (Å²) in [5.74, 6) is 0.923. The molecule has 4 nitrogen and oxygen atoms in total. The van der Waals surface area contributed by atoms with Crippen molar-refractivity contribution in [3.63, 3.8) is 0 Å². The number of thiazole rings is 1. The van der Waals surface area contributed by atoms with Gasteiger partial charge >= 0.3 is 0 Å². The Kier molecular flexibility index (Phi) is 4.37. The van der Waals surface area contributed by atoms with Crippen molar-refractivity contribution in [3.05, 3.63) is 59.3 Å². The van der Waals surface area contributed by atoms with Crippen LogP contribution >= 0.6 is 11.3 Å². The summed E-state index contributed by atoms with van der Waals surface area (Å²) in [5.41, 5.74) is 1.66. The van der Waals surface area contributed by atoms with E-state index in [1.54, 1.807) is 29.8 Å². The highest BCUT2D eigenvalue weighted by atomic mass is 32.2. The number of furan rings is 1. The Balaban J connectivity index is 1.81. The molecule has 120 valence electrons. The summed E-state index contributed by atoms with van der Waals surface area (Å²) >= 11 is 1.38. The second kappa shape index (κ2) is 6.29. The van der Waals surface area contributed by atoms with Gasteiger partial charge in [0.15, 0.2) is 20.6 Å². The maximum Gasteiger partial charge on any atom is 0.184 e. The van der Waals surface area contributed by atoms with Crippen molar-refractivity contribution in [2.24, 2.45) is 0 Å². The zero-order valence-corrected chi connectivity index (χ0v) is 14.5. The lowest BCUT2D eigenvalue weighted by atomic mass is 10.0. The van der Waals surface area contributed by atoms with Crippen LogP contribution in [-0.2, 0) is 15.6 Å². The zero-order chi connectivity index (χ0) is 16.4. The molecule has 2 aromatic heterocycles. The van der Waals surface area contributed by atoms with Gasteiger partial charge in [0.2, 0.25) is 0 Å². The van der Waals surface area contributed by atoms with Gasteiger partial charge in [-0.05, 0) is 35.7 Å². The van der Waals surface area contributed by atoms with Crippen molar-refractivity contribution in [3.8, 4) is 10.8 Å². The minimum Gasteiger partial charge on any atom is -0.462 e. The molecule has 0 atom stereocenters. The Hall–Kier alpha value is -1.92.